The molecule has 0 aromatic heterocycles. The average Bonchev–Trinajstić information content (AvgIpc) is 2.84. The van der Waals surface area contributed by atoms with Crippen LogP contribution in [0.5, 0.6) is 0 Å². The van der Waals surface area contributed by atoms with Crippen LogP contribution in [0, 0.1) is 5.92 Å². The third-order valence-electron chi connectivity index (χ3n) is 6.14. The van der Waals surface area contributed by atoms with Crippen molar-refractivity contribution in [2.75, 3.05) is 20.3 Å². The molecule has 1 heterocycles. The van der Waals surface area contributed by atoms with Crippen LogP contribution in [-0.4, -0.2) is 54.7 Å². The first kappa shape index (κ1) is 25.2. The molecule has 3 rings (SSSR count). The predicted molar refractivity (Wildman–Crippen MR) is 127 cm³/mol. The van der Waals surface area contributed by atoms with Gasteiger partial charge in [0.25, 0.3) is 0 Å². The Bertz CT molecular complexity index is 1000. The minimum atomic E-state index is -1.76. The van der Waals surface area contributed by atoms with Gasteiger partial charge in [-0.15, -0.1) is 0 Å². The summed E-state index contributed by atoms with van der Waals surface area (Å²) in [6, 6.07) is 18.3. The van der Waals surface area contributed by atoms with Crippen molar-refractivity contribution in [3.05, 3.63) is 77.9 Å². The third kappa shape index (κ3) is 4.89. The zero-order valence-electron chi connectivity index (χ0n) is 20.0. The van der Waals surface area contributed by atoms with Gasteiger partial charge in [0.1, 0.15) is 6.10 Å². The van der Waals surface area contributed by atoms with Crippen molar-refractivity contribution < 1.29 is 28.6 Å². The molecule has 0 unspecified atom stereocenters. The van der Waals surface area contributed by atoms with E-state index in [0.29, 0.717) is 0 Å². The number of likely N-dealkylation sites (N-methyl/N-ethyl adjacent to an activating group) is 1. The average molecular weight is 466 g/mol. The Kier molecular flexibility index (Phi) is 8.23. The number of morpholine rings is 1. The van der Waals surface area contributed by atoms with E-state index in [4.69, 9.17) is 14.2 Å². The molecule has 2 aromatic rings. The number of ether oxygens (including phenoxy) is 3. The van der Waals surface area contributed by atoms with E-state index >= 15 is 0 Å². The topological polar surface area (TPSA) is 82.1 Å². The van der Waals surface area contributed by atoms with Crippen LogP contribution in [0.4, 0.5) is 0 Å². The molecular weight excluding hydrogens is 434 g/mol. The number of carbonyl (C=O) groups is 3. The Hall–Kier alpha value is -3.45. The lowest BCUT2D eigenvalue weighted by atomic mass is 9.78. The Labute approximate surface area is 200 Å². The lowest BCUT2D eigenvalue weighted by molar-refractivity contribution is -0.196. The van der Waals surface area contributed by atoms with Crippen LogP contribution in [-0.2, 0) is 28.6 Å². The van der Waals surface area contributed by atoms with Gasteiger partial charge in [0.05, 0.1) is 13.2 Å². The highest BCUT2D eigenvalue weighted by Gasteiger charge is 2.61. The van der Waals surface area contributed by atoms with Crippen LogP contribution < -0.4 is 0 Å². The van der Waals surface area contributed by atoms with Gasteiger partial charge in [-0.2, -0.15) is 0 Å². The summed E-state index contributed by atoms with van der Waals surface area (Å²) in [5.74, 6) is -3.97. The molecule has 0 bridgehead atoms. The summed E-state index contributed by atoms with van der Waals surface area (Å²) in [5, 5.41) is 0. The lowest BCUT2D eigenvalue weighted by Gasteiger charge is -2.50. The van der Waals surface area contributed by atoms with E-state index in [1.807, 2.05) is 67.6 Å². The number of rotatable bonds is 8. The first-order valence-corrected chi connectivity index (χ1v) is 11.4. The maximum Gasteiger partial charge on any atom is 0.332 e. The molecule has 0 radical (unpaired) electrons. The summed E-state index contributed by atoms with van der Waals surface area (Å²) >= 11 is 0. The molecule has 0 saturated carbocycles. The smallest absolute Gasteiger partial charge is 0.332 e. The van der Waals surface area contributed by atoms with Gasteiger partial charge in [-0.1, -0.05) is 72.8 Å². The van der Waals surface area contributed by atoms with Crippen molar-refractivity contribution in [2.24, 2.45) is 5.92 Å². The van der Waals surface area contributed by atoms with Crippen molar-refractivity contribution in [3.63, 3.8) is 0 Å². The van der Waals surface area contributed by atoms with Gasteiger partial charge in [0.2, 0.25) is 0 Å². The van der Waals surface area contributed by atoms with Gasteiger partial charge < -0.3 is 14.2 Å². The van der Waals surface area contributed by atoms with E-state index in [9.17, 15) is 14.4 Å². The van der Waals surface area contributed by atoms with Crippen LogP contribution in [0.2, 0.25) is 0 Å². The normalized spacial score (nSPS) is 23.0. The fourth-order valence-corrected chi connectivity index (χ4v) is 4.28. The maximum absolute atomic E-state index is 13.8. The van der Waals surface area contributed by atoms with Crippen molar-refractivity contribution in [3.8, 4) is 0 Å². The molecule has 34 heavy (non-hydrogen) atoms. The van der Waals surface area contributed by atoms with Crippen molar-refractivity contribution in [2.45, 2.75) is 38.5 Å². The second-order valence-corrected chi connectivity index (χ2v) is 8.09. The summed E-state index contributed by atoms with van der Waals surface area (Å²) in [4.78, 5) is 41.8. The second kappa shape index (κ2) is 11.1. The van der Waals surface area contributed by atoms with Gasteiger partial charge in [-0.25, -0.2) is 4.79 Å². The molecule has 7 heteroatoms. The molecule has 0 spiro atoms. The summed E-state index contributed by atoms with van der Waals surface area (Å²) in [5.41, 5.74) is -0.147. The Morgan fingerprint density at radius 1 is 1.00 bits per heavy atom. The number of hydrogen-bond acceptors (Lipinski definition) is 7. The predicted octanol–water partition coefficient (Wildman–Crippen LogP) is 3.80. The molecule has 3 atom stereocenters. The van der Waals surface area contributed by atoms with Crippen molar-refractivity contribution in [1.82, 2.24) is 4.90 Å². The number of esters is 3. The molecule has 0 aliphatic carbocycles. The van der Waals surface area contributed by atoms with E-state index in [1.165, 1.54) is 0 Å². The van der Waals surface area contributed by atoms with E-state index in [0.717, 1.165) is 11.1 Å². The number of cyclic esters (lactones) is 1. The van der Waals surface area contributed by atoms with Crippen LogP contribution in [0.3, 0.4) is 0 Å². The van der Waals surface area contributed by atoms with Gasteiger partial charge in [-0.05, 0) is 38.9 Å². The van der Waals surface area contributed by atoms with Crippen LogP contribution in [0.25, 0.3) is 6.08 Å². The number of carbonyl (C=O) groups excluding carboxylic acids is 3. The standard InChI is InChI=1S/C27H31NO6/c1-5-32-24(29)22(25(30)33-6-2)27(18-17-20-13-9-7-10-14-20)26(31)34-23(19(3)28(27)4)21-15-11-8-12-16-21/h7-19,22-23H,5-6H2,1-4H3/b18-17+/t19-,23-,27-/m0/s1. The molecule has 7 nitrogen and oxygen atoms in total. The molecule has 0 N–H and O–H groups in total. The monoisotopic (exact) mass is 465 g/mol. The fourth-order valence-electron chi connectivity index (χ4n) is 4.28. The van der Waals surface area contributed by atoms with Gasteiger partial charge in [0, 0.05) is 6.04 Å². The van der Waals surface area contributed by atoms with E-state index in [-0.39, 0.29) is 19.3 Å². The molecule has 0 amide bonds. The molecule has 1 fully saturated rings. The fraction of sp³-hybridized carbons (Fsp3) is 0.370. The summed E-state index contributed by atoms with van der Waals surface area (Å²) in [6.07, 6.45) is 2.68. The first-order chi connectivity index (χ1) is 16.4. The molecule has 2 aromatic carbocycles. The van der Waals surface area contributed by atoms with Crippen LogP contribution >= 0.6 is 0 Å². The largest absolute Gasteiger partial charge is 0.465 e. The number of benzene rings is 2. The second-order valence-electron chi connectivity index (χ2n) is 8.09. The summed E-state index contributed by atoms with van der Waals surface area (Å²) in [7, 11) is 1.71. The zero-order chi connectivity index (χ0) is 24.7. The minimum Gasteiger partial charge on any atom is -0.465 e. The van der Waals surface area contributed by atoms with E-state index in [2.05, 4.69) is 0 Å². The molecule has 1 saturated heterocycles. The highest BCUT2D eigenvalue weighted by Crippen LogP contribution is 2.41. The zero-order valence-corrected chi connectivity index (χ0v) is 20.0. The lowest BCUT2D eigenvalue weighted by Crippen LogP contribution is -2.68. The van der Waals surface area contributed by atoms with Crippen molar-refractivity contribution in [1.29, 1.82) is 0 Å². The summed E-state index contributed by atoms with van der Waals surface area (Å²) in [6.45, 7) is 5.28. The maximum atomic E-state index is 13.8. The van der Waals surface area contributed by atoms with Crippen LogP contribution in [0.1, 0.15) is 38.0 Å². The number of nitrogens with zero attached hydrogens (tertiary/aromatic N) is 1. The van der Waals surface area contributed by atoms with Crippen LogP contribution in [0.15, 0.2) is 66.7 Å². The van der Waals surface area contributed by atoms with E-state index in [1.54, 1.807) is 37.9 Å². The molecule has 1 aliphatic rings. The highest BCUT2D eigenvalue weighted by molar-refractivity contribution is 6.05. The van der Waals surface area contributed by atoms with Gasteiger partial charge in [-0.3, -0.25) is 14.5 Å². The Morgan fingerprint density at radius 2 is 1.53 bits per heavy atom. The molecular formula is C27H31NO6. The third-order valence-corrected chi connectivity index (χ3v) is 6.14. The minimum absolute atomic E-state index is 0.0498. The molecule has 1 aliphatic heterocycles. The number of hydrogen-bond donors (Lipinski definition) is 0. The van der Waals surface area contributed by atoms with E-state index < -0.39 is 35.5 Å². The highest BCUT2D eigenvalue weighted by atomic mass is 16.6. The summed E-state index contributed by atoms with van der Waals surface area (Å²) < 4.78 is 16.4. The Morgan fingerprint density at radius 3 is 2.06 bits per heavy atom. The first-order valence-electron chi connectivity index (χ1n) is 11.4. The van der Waals surface area contributed by atoms with Gasteiger partial charge in [0.15, 0.2) is 11.5 Å². The molecule has 180 valence electrons. The van der Waals surface area contributed by atoms with Crippen molar-refractivity contribution >= 4 is 24.0 Å². The van der Waals surface area contributed by atoms with Gasteiger partial charge >= 0.3 is 17.9 Å². The SMILES string of the molecule is CCOC(=O)C(C(=O)OCC)[C@@]1(/C=C/c2ccccc2)C(=O)O[C@H](c2ccccc2)[C@H](C)N1C. The Balaban J connectivity index is 2.15. The quantitative estimate of drug-likeness (QED) is 0.333.